The van der Waals surface area contributed by atoms with E-state index in [0.717, 1.165) is 19.3 Å². The van der Waals surface area contributed by atoms with Gasteiger partial charge < -0.3 is 25.2 Å². The molecule has 7 heteroatoms. The van der Waals surface area contributed by atoms with E-state index in [4.69, 9.17) is 14.9 Å². The molecular formula is C23H38O7. The summed E-state index contributed by atoms with van der Waals surface area (Å²) in [6.07, 6.45) is 11.0. The molecular weight excluding hydrogens is 388 g/mol. The van der Waals surface area contributed by atoms with Crippen LogP contribution in [-0.4, -0.2) is 63.7 Å². The lowest BCUT2D eigenvalue weighted by Gasteiger charge is -2.17. The topological polar surface area (TPSA) is 124 Å². The maximum absolute atomic E-state index is 12.2. The van der Waals surface area contributed by atoms with Gasteiger partial charge in [0.1, 0.15) is 18.5 Å². The van der Waals surface area contributed by atoms with Gasteiger partial charge in [0, 0.05) is 24.7 Å². The van der Waals surface area contributed by atoms with Gasteiger partial charge in [-0.05, 0) is 25.7 Å². The Morgan fingerprint density at radius 3 is 2.70 bits per heavy atom. The number of unbranched alkanes of at least 4 members (excludes halogenated alkanes) is 3. The van der Waals surface area contributed by atoms with Crippen LogP contribution in [0, 0.1) is 11.8 Å². The summed E-state index contributed by atoms with van der Waals surface area (Å²) >= 11 is 0. The average Bonchev–Trinajstić information content (AvgIpc) is 2.99. The molecule has 0 aromatic heterocycles. The molecule has 5 atom stereocenters. The summed E-state index contributed by atoms with van der Waals surface area (Å²) in [5.74, 6) is -0.989. The highest BCUT2D eigenvalue weighted by atomic mass is 16.5. The second-order valence-electron chi connectivity index (χ2n) is 7.99. The van der Waals surface area contributed by atoms with Crippen LogP contribution < -0.4 is 0 Å². The van der Waals surface area contributed by atoms with Crippen molar-refractivity contribution in [1.82, 2.24) is 0 Å². The number of aliphatic hydroxyl groups excluding tert-OH is 4. The summed E-state index contributed by atoms with van der Waals surface area (Å²) in [5.41, 5.74) is 0. The summed E-state index contributed by atoms with van der Waals surface area (Å²) < 4.78 is 4.83. The van der Waals surface area contributed by atoms with Crippen LogP contribution in [0.2, 0.25) is 0 Å². The van der Waals surface area contributed by atoms with Crippen LogP contribution in [0.15, 0.2) is 24.3 Å². The molecule has 1 aliphatic carbocycles. The number of allylic oxidation sites excluding steroid dienone is 3. The van der Waals surface area contributed by atoms with Crippen molar-refractivity contribution in [3.05, 3.63) is 24.3 Å². The van der Waals surface area contributed by atoms with Gasteiger partial charge in [-0.25, -0.2) is 0 Å². The van der Waals surface area contributed by atoms with Crippen LogP contribution in [0.4, 0.5) is 0 Å². The number of aliphatic hydroxyl groups is 4. The van der Waals surface area contributed by atoms with Crippen LogP contribution in [0.1, 0.15) is 64.7 Å². The maximum Gasteiger partial charge on any atom is 0.305 e. The lowest BCUT2D eigenvalue weighted by atomic mass is 9.90. The van der Waals surface area contributed by atoms with Crippen LogP contribution in [0.3, 0.4) is 0 Å². The summed E-state index contributed by atoms with van der Waals surface area (Å²) in [4.78, 5) is 23.7. The second kappa shape index (κ2) is 15.3. The molecule has 0 amide bonds. The molecule has 1 fully saturated rings. The minimum atomic E-state index is -1.05. The van der Waals surface area contributed by atoms with Crippen molar-refractivity contribution < 1.29 is 34.8 Å². The molecule has 0 aromatic rings. The zero-order valence-electron chi connectivity index (χ0n) is 18.0. The van der Waals surface area contributed by atoms with Gasteiger partial charge in [-0.2, -0.15) is 0 Å². The molecule has 0 heterocycles. The third-order valence-corrected chi connectivity index (χ3v) is 5.36. The Bertz CT molecular complexity index is 558. The van der Waals surface area contributed by atoms with E-state index in [-0.39, 0.29) is 37.1 Å². The van der Waals surface area contributed by atoms with Crippen LogP contribution in [0.25, 0.3) is 0 Å². The molecule has 0 radical (unpaired) electrons. The Labute approximate surface area is 179 Å². The lowest BCUT2D eigenvalue weighted by molar-refractivity contribution is -0.147. The van der Waals surface area contributed by atoms with E-state index < -0.39 is 30.9 Å². The Hall–Kier alpha value is -1.54. The smallest absolute Gasteiger partial charge is 0.305 e. The highest BCUT2D eigenvalue weighted by Crippen LogP contribution is 2.33. The van der Waals surface area contributed by atoms with Gasteiger partial charge in [0.25, 0.3) is 0 Å². The van der Waals surface area contributed by atoms with Crippen molar-refractivity contribution in [2.75, 3.05) is 13.2 Å². The first-order chi connectivity index (χ1) is 14.4. The third-order valence-electron chi connectivity index (χ3n) is 5.36. The van der Waals surface area contributed by atoms with E-state index in [9.17, 15) is 19.8 Å². The van der Waals surface area contributed by atoms with E-state index in [1.165, 1.54) is 0 Å². The molecule has 4 unspecified atom stereocenters. The zero-order valence-corrected chi connectivity index (χ0v) is 18.0. The molecule has 0 saturated heterocycles. The summed E-state index contributed by atoms with van der Waals surface area (Å²) in [5, 5.41) is 38.0. The van der Waals surface area contributed by atoms with E-state index in [0.29, 0.717) is 25.7 Å². The first-order valence-corrected chi connectivity index (χ1v) is 11.1. The van der Waals surface area contributed by atoms with Crippen LogP contribution in [0.5, 0.6) is 0 Å². The number of carbonyl (C=O) groups excluding carboxylic acids is 2. The van der Waals surface area contributed by atoms with Crippen molar-refractivity contribution in [2.24, 2.45) is 11.8 Å². The van der Waals surface area contributed by atoms with Crippen molar-refractivity contribution in [3.63, 3.8) is 0 Å². The van der Waals surface area contributed by atoms with E-state index in [1.54, 1.807) is 12.2 Å². The predicted molar refractivity (Wildman–Crippen MR) is 114 cm³/mol. The second-order valence-corrected chi connectivity index (χ2v) is 7.99. The van der Waals surface area contributed by atoms with Crippen LogP contribution >= 0.6 is 0 Å². The molecule has 0 aliphatic heterocycles. The summed E-state index contributed by atoms with van der Waals surface area (Å²) in [6, 6.07) is 0. The predicted octanol–water partition coefficient (Wildman–Crippen LogP) is 2.06. The Morgan fingerprint density at radius 1 is 1.23 bits per heavy atom. The van der Waals surface area contributed by atoms with E-state index >= 15 is 0 Å². The highest BCUT2D eigenvalue weighted by molar-refractivity contribution is 5.86. The van der Waals surface area contributed by atoms with Crippen molar-refractivity contribution in [3.8, 4) is 0 Å². The molecule has 4 N–H and O–H groups in total. The fraction of sp³-hybridized carbons (Fsp3) is 0.739. The zero-order chi connectivity index (χ0) is 22.4. The molecule has 7 nitrogen and oxygen atoms in total. The fourth-order valence-electron chi connectivity index (χ4n) is 3.52. The SMILES string of the molecule is CCCCCC(O)C=C[C@H]1C(=O)CC(O)C1CC=CCCCC(=O)OCC(O)CO. The first kappa shape index (κ1) is 26.5. The number of hydrogen-bond acceptors (Lipinski definition) is 7. The number of rotatable bonds is 15. The van der Waals surface area contributed by atoms with E-state index in [1.807, 2.05) is 12.2 Å². The number of carbonyl (C=O) groups is 2. The Balaban J connectivity index is 2.37. The minimum Gasteiger partial charge on any atom is -0.463 e. The molecule has 1 saturated carbocycles. The number of esters is 1. The molecule has 0 bridgehead atoms. The number of hydrogen-bond donors (Lipinski definition) is 4. The van der Waals surface area contributed by atoms with Crippen molar-refractivity contribution in [2.45, 2.75) is 83.0 Å². The van der Waals surface area contributed by atoms with Gasteiger partial charge in [-0.1, -0.05) is 50.5 Å². The van der Waals surface area contributed by atoms with Gasteiger partial charge in [0.15, 0.2) is 0 Å². The van der Waals surface area contributed by atoms with E-state index in [2.05, 4.69) is 6.92 Å². The Kier molecular flexibility index (Phi) is 13.5. The maximum atomic E-state index is 12.2. The normalized spacial score (nSPS) is 24.0. The average molecular weight is 427 g/mol. The number of ketones is 1. The Morgan fingerprint density at radius 2 is 2.00 bits per heavy atom. The van der Waals surface area contributed by atoms with Crippen molar-refractivity contribution >= 4 is 11.8 Å². The summed E-state index contributed by atoms with van der Waals surface area (Å²) in [7, 11) is 0. The quantitative estimate of drug-likeness (QED) is 0.179. The minimum absolute atomic E-state index is 0.00530. The fourth-order valence-corrected chi connectivity index (χ4v) is 3.52. The monoisotopic (exact) mass is 426 g/mol. The molecule has 1 rings (SSSR count). The van der Waals surface area contributed by atoms with Gasteiger partial charge in [0.2, 0.25) is 0 Å². The lowest BCUT2D eigenvalue weighted by Crippen LogP contribution is -2.21. The standard InChI is InChI=1S/C23H38O7/c1-2-3-6-9-17(25)12-13-20-19(21(27)14-22(20)28)10-7-4-5-8-11-23(29)30-16-18(26)15-24/h4,7,12-13,17-21,24-27H,2-3,5-6,8-11,14-16H2,1H3/t17?,18?,19?,20-,21?/m1/s1. The van der Waals surface area contributed by atoms with Crippen LogP contribution in [-0.2, 0) is 14.3 Å². The van der Waals surface area contributed by atoms with Gasteiger partial charge in [-0.3, -0.25) is 9.59 Å². The first-order valence-electron chi connectivity index (χ1n) is 11.1. The highest BCUT2D eigenvalue weighted by Gasteiger charge is 2.39. The number of Topliss-reactive ketones (excluding diaryl/α,β-unsaturated/α-hetero) is 1. The molecule has 30 heavy (non-hydrogen) atoms. The molecule has 1 aliphatic rings. The van der Waals surface area contributed by atoms with Gasteiger partial charge >= 0.3 is 5.97 Å². The largest absolute Gasteiger partial charge is 0.463 e. The van der Waals surface area contributed by atoms with Crippen molar-refractivity contribution in [1.29, 1.82) is 0 Å². The molecule has 172 valence electrons. The van der Waals surface area contributed by atoms with Gasteiger partial charge in [-0.15, -0.1) is 0 Å². The molecule has 0 spiro atoms. The third kappa shape index (κ3) is 10.5. The summed E-state index contributed by atoms with van der Waals surface area (Å²) in [6.45, 7) is 1.45. The number of ether oxygens (including phenoxy) is 1. The van der Waals surface area contributed by atoms with Gasteiger partial charge in [0.05, 0.1) is 18.8 Å². The molecule has 0 aromatic carbocycles.